The van der Waals surface area contributed by atoms with E-state index in [1.807, 2.05) is 30.3 Å². The number of nitrogens with one attached hydrogen (secondary N) is 1. The van der Waals surface area contributed by atoms with Crippen molar-refractivity contribution in [3.05, 3.63) is 35.9 Å². The number of amides is 2. The zero-order chi connectivity index (χ0) is 17.6. The molecule has 24 heavy (non-hydrogen) atoms. The smallest absolute Gasteiger partial charge is 0.407 e. The molecule has 2 rings (SSSR count). The maximum atomic E-state index is 12.0. The lowest BCUT2D eigenvalue weighted by Gasteiger charge is -2.31. The number of hydrogen-bond acceptors (Lipinski definition) is 5. The van der Waals surface area contributed by atoms with E-state index in [4.69, 9.17) is 4.74 Å². The second-order valence-corrected chi connectivity index (χ2v) is 8.15. The van der Waals surface area contributed by atoms with Crippen LogP contribution in [0.25, 0.3) is 0 Å². The predicted octanol–water partition coefficient (Wildman–Crippen LogP) is 0.948. The Hall–Kier alpha value is -2.09. The van der Waals surface area contributed by atoms with Gasteiger partial charge in [0.2, 0.25) is 5.91 Å². The van der Waals surface area contributed by atoms with Crippen molar-refractivity contribution in [2.75, 3.05) is 25.9 Å². The second kappa shape index (κ2) is 8.14. The normalized spacial score (nSPS) is 15.8. The van der Waals surface area contributed by atoms with Crippen LogP contribution in [0.5, 0.6) is 0 Å². The highest BCUT2D eigenvalue weighted by Gasteiger charge is 2.28. The number of likely N-dealkylation sites (tertiary alicyclic amines) is 1. The van der Waals surface area contributed by atoms with E-state index in [2.05, 4.69) is 5.32 Å². The highest BCUT2D eigenvalue weighted by Crippen LogP contribution is 2.16. The Balaban J connectivity index is 1.69. The average molecular weight is 354 g/mol. The molecule has 1 aliphatic rings. The summed E-state index contributed by atoms with van der Waals surface area (Å²) in [7, 11) is -3.06. The van der Waals surface area contributed by atoms with Crippen molar-refractivity contribution in [2.24, 2.45) is 0 Å². The highest BCUT2D eigenvalue weighted by molar-refractivity contribution is 7.91. The van der Waals surface area contributed by atoms with Gasteiger partial charge in [-0.3, -0.25) is 4.79 Å². The summed E-state index contributed by atoms with van der Waals surface area (Å²) >= 11 is 0. The number of alkyl carbamates (subject to hydrolysis) is 1. The molecular weight excluding hydrogens is 332 g/mol. The first-order valence-electron chi connectivity index (χ1n) is 7.77. The minimum absolute atomic E-state index is 0.140. The summed E-state index contributed by atoms with van der Waals surface area (Å²) < 4.78 is 28.0. The van der Waals surface area contributed by atoms with Crippen molar-refractivity contribution in [3.63, 3.8) is 0 Å². The van der Waals surface area contributed by atoms with Gasteiger partial charge >= 0.3 is 6.09 Å². The van der Waals surface area contributed by atoms with Crippen LogP contribution < -0.4 is 5.32 Å². The van der Waals surface area contributed by atoms with Crippen molar-refractivity contribution in [1.29, 1.82) is 0 Å². The lowest BCUT2D eigenvalue weighted by atomic mass is 10.1. The van der Waals surface area contributed by atoms with Crippen molar-refractivity contribution in [3.8, 4) is 0 Å². The van der Waals surface area contributed by atoms with Crippen molar-refractivity contribution in [2.45, 2.75) is 24.7 Å². The maximum absolute atomic E-state index is 12.0. The van der Waals surface area contributed by atoms with Crippen molar-refractivity contribution >= 4 is 21.8 Å². The Morgan fingerprint density at radius 2 is 1.83 bits per heavy atom. The molecule has 1 fully saturated rings. The van der Waals surface area contributed by atoms with Crippen LogP contribution in [0.1, 0.15) is 18.4 Å². The van der Waals surface area contributed by atoms with Gasteiger partial charge in [-0.15, -0.1) is 0 Å². The molecule has 1 aromatic rings. The zero-order valence-corrected chi connectivity index (χ0v) is 14.4. The molecule has 132 valence electrons. The Morgan fingerprint density at radius 1 is 1.21 bits per heavy atom. The number of carbonyl (C=O) groups excluding carboxylic acids is 2. The van der Waals surface area contributed by atoms with Crippen LogP contribution in [0.2, 0.25) is 0 Å². The largest absolute Gasteiger partial charge is 0.445 e. The van der Waals surface area contributed by atoms with Crippen LogP contribution in [-0.2, 0) is 26.0 Å². The fourth-order valence-electron chi connectivity index (χ4n) is 2.57. The average Bonchev–Trinajstić information content (AvgIpc) is 2.58. The van der Waals surface area contributed by atoms with Gasteiger partial charge in [0.15, 0.2) is 0 Å². The molecule has 0 bridgehead atoms. The molecule has 0 aromatic heterocycles. The number of sulfone groups is 1. The van der Waals surface area contributed by atoms with E-state index < -0.39 is 15.9 Å². The third-order valence-corrected chi connectivity index (χ3v) is 5.68. The second-order valence-electron chi connectivity index (χ2n) is 5.82. The first kappa shape index (κ1) is 18.3. The third-order valence-electron chi connectivity index (χ3n) is 4.00. The summed E-state index contributed by atoms with van der Waals surface area (Å²) in [5.41, 5.74) is 0.863. The van der Waals surface area contributed by atoms with E-state index in [1.54, 1.807) is 4.90 Å². The number of piperidine rings is 1. The van der Waals surface area contributed by atoms with E-state index in [0.717, 1.165) is 5.56 Å². The number of rotatable bonds is 5. The Kier molecular flexibility index (Phi) is 6.19. The Morgan fingerprint density at radius 3 is 2.42 bits per heavy atom. The van der Waals surface area contributed by atoms with Gasteiger partial charge in [0.05, 0.1) is 5.25 Å². The summed E-state index contributed by atoms with van der Waals surface area (Å²) in [5.74, 6) is -0.237. The van der Waals surface area contributed by atoms with Gasteiger partial charge in [0.1, 0.15) is 23.0 Å². The van der Waals surface area contributed by atoms with Crippen LogP contribution in [0.4, 0.5) is 4.79 Å². The molecule has 2 amide bonds. The van der Waals surface area contributed by atoms with Crippen LogP contribution in [0.15, 0.2) is 30.3 Å². The number of nitrogens with zero attached hydrogens (tertiary/aromatic N) is 1. The Labute approximate surface area is 141 Å². The van der Waals surface area contributed by atoms with Gasteiger partial charge in [-0.25, -0.2) is 13.2 Å². The fraction of sp³-hybridized carbons (Fsp3) is 0.500. The molecule has 0 spiro atoms. The fourth-order valence-corrected chi connectivity index (χ4v) is 3.63. The molecule has 1 aliphatic heterocycles. The summed E-state index contributed by atoms with van der Waals surface area (Å²) in [5, 5.41) is 2.04. The van der Waals surface area contributed by atoms with E-state index >= 15 is 0 Å². The van der Waals surface area contributed by atoms with E-state index in [1.165, 1.54) is 6.26 Å². The molecule has 1 aromatic carbocycles. The number of carbonyl (C=O) groups is 2. The molecule has 0 atom stereocenters. The molecule has 1 N–H and O–H groups in total. The third kappa shape index (κ3) is 5.52. The lowest BCUT2D eigenvalue weighted by molar-refractivity contribution is -0.131. The van der Waals surface area contributed by atoms with Crippen LogP contribution in [-0.4, -0.2) is 56.5 Å². The predicted molar refractivity (Wildman–Crippen MR) is 89.1 cm³/mol. The summed E-state index contributed by atoms with van der Waals surface area (Å²) in [6.45, 7) is 0.756. The molecule has 0 radical (unpaired) electrons. The van der Waals surface area contributed by atoms with Crippen molar-refractivity contribution in [1.82, 2.24) is 10.2 Å². The Bertz CT molecular complexity index is 667. The van der Waals surface area contributed by atoms with Gasteiger partial charge < -0.3 is 15.0 Å². The lowest BCUT2D eigenvalue weighted by Crippen LogP contribution is -2.46. The van der Waals surface area contributed by atoms with Gasteiger partial charge in [-0.1, -0.05) is 30.3 Å². The summed E-state index contributed by atoms with van der Waals surface area (Å²) in [4.78, 5) is 25.2. The first-order valence-corrected chi connectivity index (χ1v) is 9.73. The number of ether oxygens (including phenoxy) is 1. The number of benzene rings is 1. The molecule has 1 heterocycles. The van der Waals surface area contributed by atoms with Gasteiger partial charge in [0.25, 0.3) is 0 Å². The molecule has 8 heteroatoms. The SMILES string of the molecule is CS(=O)(=O)C1CCN(C(=O)CNC(=O)OCc2ccccc2)CC1. The summed E-state index contributed by atoms with van der Waals surface area (Å²) in [6, 6.07) is 9.24. The van der Waals surface area contributed by atoms with Gasteiger partial charge in [-0.2, -0.15) is 0 Å². The minimum atomic E-state index is -3.06. The van der Waals surface area contributed by atoms with Crippen LogP contribution in [0, 0.1) is 0 Å². The maximum Gasteiger partial charge on any atom is 0.407 e. The highest BCUT2D eigenvalue weighted by atomic mass is 32.2. The quantitative estimate of drug-likeness (QED) is 0.850. The van der Waals surface area contributed by atoms with Crippen LogP contribution in [0.3, 0.4) is 0 Å². The van der Waals surface area contributed by atoms with Crippen LogP contribution >= 0.6 is 0 Å². The molecule has 7 nitrogen and oxygen atoms in total. The summed E-state index contributed by atoms with van der Waals surface area (Å²) in [6.07, 6.45) is 1.43. The monoisotopic (exact) mass is 354 g/mol. The molecule has 0 saturated carbocycles. The molecular formula is C16H22N2O5S. The topological polar surface area (TPSA) is 92.8 Å². The molecule has 1 saturated heterocycles. The van der Waals surface area contributed by atoms with Gasteiger partial charge in [0, 0.05) is 19.3 Å². The van der Waals surface area contributed by atoms with E-state index in [9.17, 15) is 18.0 Å². The zero-order valence-electron chi connectivity index (χ0n) is 13.6. The van der Waals surface area contributed by atoms with E-state index in [0.29, 0.717) is 25.9 Å². The minimum Gasteiger partial charge on any atom is -0.445 e. The standard InChI is InChI=1S/C16H22N2O5S/c1-24(21,22)14-7-9-18(10-8-14)15(19)11-17-16(20)23-12-13-5-3-2-4-6-13/h2-6,14H,7-12H2,1H3,(H,17,20). The molecule has 0 aliphatic carbocycles. The van der Waals surface area contributed by atoms with Gasteiger partial charge in [-0.05, 0) is 18.4 Å². The first-order chi connectivity index (χ1) is 11.4. The van der Waals surface area contributed by atoms with Crippen molar-refractivity contribution < 1.29 is 22.7 Å². The number of hydrogen-bond donors (Lipinski definition) is 1. The molecule has 0 unspecified atom stereocenters. The van der Waals surface area contributed by atoms with E-state index in [-0.39, 0.29) is 24.3 Å².